The first kappa shape index (κ1) is 42.5. The van der Waals surface area contributed by atoms with Crippen molar-refractivity contribution < 1.29 is 4.74 Å². The van der Waals surface area contributed by atoms with Crippen molar-refractivity contribution in [1.29, 1.82) is 0 Å². The van der Waals surface area contributed by atoms with Crippen LogP contribution in [0.25, 0.3) is 0 Å². The van der Waals surface area contributed by atoms with E-state index in [0.717, 1.165) is 39.3 Å². The van der Waals surface area contributed by atoms with Crippen molar-refractivity contribution in [2.75, 3.05) is 66.6 Å². The van der Waals surface area contributed by atoms with Crippen molar-refractivity contribution in [2.24, 2.45) is 0 Å². The van der Waals surface area contributed by atoms with Crippen LogP contribution < -0.4 is 10.6 Å². The van der Waals surface area contributed by atoms with Gasteiger partial charge in [-0.3, -0.25) is 4.90 Å². The van der Waals surface area contributed by atoms with E-state index in [2.05, 4.69) is 98.2 Å². The van der Waals surface area contributed by atoms with Gasteiger partial charge in [-0.1, -0.05) is 103 Å². The molecule has 1 heterocycles. The van der Waals surface area contributed by atoms with Crippen molar-refractivity contribution in [1.82, 2.24) is 20.4 Å². The molecule has 5 nitrogen and oxygen atoms in total. The molecule has 0 aromatic heterocycles. The molecule has 5 heteroatoms. The number of benzene rings is 1. The maximum atomic E-state index is 4.98. The number of methoxy groups -OCH3 is 1. The lowest BCUT2D eigenvalue weighted by molar-refractivity contribution is 0.139. The monoisotopic (exact) mass is 561 g/mol. The van der Waals surface area contributed by atoms with Gasteiger partial charge >= 0.3 is 0 Å². The first-order valence-corrected chi connectivity index (χ1v) is 15.7. The molecule has 234 valence electrons. The van der Waals surface area contributed by atoms with Gasteiger partial charge in [0.05, 0.1) is 6.61 Å². The number of rotatable bonds is 13. The van der Waals surface area contributed by atoms with E-state index in [1.165, 1.54) is 37.2 Å². The van der Waals surface area contributed by atoms with Crippen molar-refractivity contribution >= 4 is 0 Å². The summed E-state index contributed by atoms with van der Waals surface area (Å²) in [5.74, 6) is 0.585. The van der Waals surface area contributed by atoms with Crippen LogP contribution >= 0.6 is 0 Å². The molecule has 0 radical (unpaired) electrons. The van der Waals surface area contributed by atoms with Crippen LogP contribution in [0.5, 0.6) is 0 Å². The molecule has 2 N–H and O–H groups in total. The molecule has 2 unspecified atom stereocenters. The van der Waals surface area contributed by atoms with Crippen molar-refractivity contribution in [2.45, 2.75) is 87.1 Å². The predicted octanol–water partition coefficient (Wildman–Crippen LogP) is 7.74. The normalized spacial score (nSPS) is 14.7. The van der Waals surface area contributed by atoms with Crippen LogP contribution in [0.15, 0.2) is 66.9 Å². The molecule has 1 aromatic carbocycles. The molecule has 1 aromatic rings. The standard InChI is InChI=1S/C19H32N2.C7H16N2O.C5H8.2C2H6/c1-6-17(4)20-19(7-2)13-14-21(5)15-16(3)18-11-9-8-10-12-18;1-10-7-6-9-4-2-8-3-5-9;1-3-5-4-2;2*1-2/h6,8-12,16,19-20H,7,13-15H2,1-5H3;8H,2-7H2,1H3;3-5H,1H2,2H3;2*1-2H3/b17-6+;;5-4-;;. The highest BCUT2D eigenvalue weighted by Crippen LogP contribution is 2.15. The first-order valence-electron chi connectivity index (χ1n) is 15.7. The quantitative estimate of drug-likeness (QED) is 0.241. The fourth-order valence-electron chi connectivity index (χ4n) is 3.90. The molecule has 0 spiro atoms. The summed E-state index contributed by atoms with van der Waals surface area (Å²) in [5.41, 5.74) is 2.71. The van der Waals surface area contributed by atoms with Gasteiger partial charge < -0.3 is 20.3 Å². The number of allylic oxidation sites excluding steroid dienone is 5. The van der Waals surface area contributed by atoms with Crippen LogP contribution in [-0.4, -0.2) is 82.4 Å². The molecule has 2 atom stereocenters. The highest BCUT2D eigenvalue weighted by molar-refractivity contribution is 5.19. The van der Waals surface area contributed by atoms with Crippen LogP contribution in [0.2, 0.25) is 0 Å². The minimum absolute atomic E-state index is 0.579. The molecular formula is C35H68N4O. The van der Waals surface area contributed by atoms with E-state index in [9.17, 15) is 0 Å². The number of nitrogens with zero attached hydrogens (tertiary/aromatic N) is 2. The minimum atomic E-state index is 0.579. The number of hydrogen-bond donors (Lipinski definition) is 2. The molecular weight excluding hydrogens is 492 g/mol. The largest absolute Gasteiger partial charge is 0.386 e. The molecule has 0 aliphatic carbocycles. The number of likely N-dealkylation sites (N-methyl/N-ethyl adjacent to an activating group) is 1. The topological polar surface area (TPSA) is 39.8 Å². The average molecular weight is 561 g/mol. The van der Waals surface area contributed by atoms with E-state index in [1.807, 2.05) is 46.8 Å². The second-order valence-corrected chi connectivity index (χ2v) is 9.43. The maximum absolute atomic E-state index is 4.98. The molecule has 1 saturated heterocycles. The lowest BCUT2D eigenvalue weighted by Gasteiger charge is -2.26. The SMILES string of the molecule is C/C=C(\C)NC(CC)CCN(C)CC(C)c1ccccc1.C=C/C=C\C.CC.CC.COCCN1CCNCC1. The Morgan fingerprint density at radius 2 is 1.73 bits per heavy atom. The van der Waals surface area contributed by atoms with Gasteiger partial charge in [0, 0.05) is 58.1 Å². The van der Waals surface area contributed by atoms with Crippen LogP contribution in [0.3, 0.4) is 0 Å². The summed E-state index contributed by atoms with van der Waals surface area (Å²) in [4.78, 5) is 4.87. The van der Waals surface area contributed by atoms with Crippen LogP contribution in [0.1, 0.15) is 86.6 Å². The second-order valence-electron chi connectivity index (χ2n) is 9.43. The van der Waals surface area contributed by atoms with Crippen molar-refractivity contribution in [3.63, 3.8) is 0 Å². The Bertz CT molecular complexity index is 684. The second kappa shape index (κ2) is 33.3. The smallest absolute Gasteiger partial charge is 0.0589 e. The highest BCUT2D eigenvalue weighted by atomic mass is 16.5. The first-order chi connectivity index (χ1) is 19.4. The van der Waals surface area contributed by atoms with Gasteiger partial charge in [-0.25, -0.2) is 0 Å². The zero-order valence-electron chi connectivity index (χ0n) is 28.4. The summed E-state index contributed by atoms with van der Waals surface area (Å²) in [6.07, 6.45) is 10.1. The van der Waals surface area contributed by atoms with E-state index in [1.54, 1.807) is 13.2 Å². The number of piperazine rings is 1. The summed E-state index contributed by atoms with van der Waals surface area (Å²) in [7, 11) is 3.98. The molecule has 2 rings (SSSR count). The highest BCUT2D eigenvalue weighted by Gasteiger charge is 2.11. The molecule has 1 aliphatic rings. The Morgan fingerprint density at radius 3 is 2.17 bits per heavy atom. The maximum Gasteiger partial charge on any atom is 0.0589 e. The third-order valence-corrected chi connectivity index (χ3v) is 6.32. The summed E-state index contributed by atoms with van der Waals surface area (Å²) in [6.45, 7) is 31.0. The fourth-order valence-corrected chi connectivity index (χ4v) is 3.90. The number of ether oxygens (including phenoxy) is 1. The van der Waals surface area contributed by atoms with Crippen molar-refractivity contribution in [3.8, 4) is 0 Å². The Hall–Kier alpha value is -1.92. The van der Waals surface area contributed by atoms with Gasteiger partial charge in [0.15, 0.2) is 0 Å². The Labute approximate surface area is 251 Å². The molecule has 1 aliphatic heterocycles. The molecule has 1 fully saturated rings. The van der Waals surface area contributed by atoms with E-state index < -0.39 is 0 Å². The molecule has 0 saturated carbocycles. The Morgan fingerprint density at radius 1 is 1.12 bits per heavy atom. The Kier molecular flexibility index (Phi) is 35.4. The van der Waals surface area contributed by atoms with E-state index in [4.69, 9.17) is 4.74 Å². The minimum Gasteiger partial charge on any atom is -0.386 e. The summed E-state index contributed by atoms with van der Waals surface area (Å²) < 4.78 is 4.98. The zero-order valence-corrected chi connectivity index (χ0v) is 28.4. The van der Waals surface area contributed by atoms with Crippen molar-refractivity contribution in [3.05, 3.63) is 72.5 Å². The number of nitrogens with one attached hydrogen (secondary N) is 2. The van der Waals surface area contributed by atoms with E-state index in [0.29, 0.717) is 12.0 Å². The van der Waals surface area contributed by atoms with Gasteiger partial charge in [-0.15, -0.1) is 0 Å². The Balaban J connectivity index is -0.000000594. The predicted molar refractivity (Wildman–Crippen MR) is 183 cm³/mol. The van der Waals surface area contributed by atoms with Gasteiger partial charge in [-0.05, 0) is 58.7 Å². The van der Waals surface area contributed by atoms with Crippen LogP contribution in [0.4, 0.5) is 0 Å². The third kappa shape index (κ3) is 26.3. The lowest BCUT2D eigenvalue weighted by atomic mass is 10.0. The lowest BCUT2D eigenvalue weighted by Crippen LogP contribution is -2.44. The molecule has 0 bridgehead atoms. The summed E-state index contributed by atoms with van der Waals surface area (Å²) in [6, 6.07) is 11.4. The number of hydrogen-bond acceptors (Lipinski definition) is 5. The van der Waals surface area contributed by atoms with E-state index in [-0.39, 0.29) is 0 Å². The van der Waals surface area contributed by atoms with Gasteiger partial charge in [0.25, 0.3) is 0 Å². The molecule has 40 heavy (non-hydrogen) atoms. The summed E-state index contributed by atoms with van der Waals surface area (Å²) >= 11 is 0. The summed E-state index contributed by atoms with van der Waals surface area (Å²) in [5, 5.41) is 6.90. The van der Waals surface area contributed by atoms with Crippen LogP contribution in [0, 0.1) is 0 Å². The molecule has 0 amide bonds. The third-order valence-electron chi connectivity index (χ3n) is 6.32. The van der Waals surface area contributed by atoms with E-state index >= 15 is 0 Å². The zero-order chi connectivity index (χ0) is 31.0. The van der Waals surface area contributed by atoms with Gasteiger partial charge in [0.1, 0.15) is 0 Å². The average Bonchev–Trinajstić information content (AvgIpc) is 3.02. The fraction of sp³-hybridized carbons (Fsp3) is 0.657. The van der Waals surface area contributed by atoms with Gasteiger partial charge in [-0.2, -0.15) is 0 Å². The van der Waals surface area contributed by atoms with Crippen LogP contribution in [-0.2, 0) is 4.74 Å². The van der Waals surface area contributed by atoms with Gasteiger partial charge in [0.2, 0.25) is 0 Å².